The molecule has 2 rings (SSSR count). The highest BCUT2D eigenvalue weighted by molar-refractivity contribution is 5.90. The highest BCUT2D eigenvalue weighted by Crippen LogP contribution is 2.19. The molecular formula is C13H15N3O2. The van der Waals surface area contributed by atoms with Crippen LogP contribution in [0, 0.1) is 6.92 Å². The molecule has 0 aliphatic heterocycles. The molecule has 2 N–H and O–H groups in total. The highest BCUT2D eigenvalue weighted by Gasteiger charge is 2.07. The second-order valence-electron chi connectivity index (χ2n) is 4.04. The van der Waals surface area contributed by atoms with Crippen molar-refractivity contribution < 1.29 is 9.90 Å². The minimum atomic E-state index is -0.905. The average molecular weight is 245 g/mol. The monoisotopic (exact) mass is 245 g/mol. The predicted molar refractivity (Wildman–Crippen MR) is 69.3 cm³/mol. The van der Waals surface area contributed by atoms with Crippen LogP contribution in [0.1, 0.15) is 22.8 Å². The van der Waals surface area contributed by atoms with Gasteiger partial charge in [-0.05, 0) is 37.6 Å². The van der Waals surface area contributed by atoms with Crippen LogP contribution < -0.4 is 5.32 Å². The van der Waals surface area contributed by atoms with Gasteiger partial charge in [0.15, 0.2) is 0 Å². The Hall–Kier alpha value is -2.30. The number of hydrogen-bond donors (Lipinski definition) is 2. The molecule has 0 bridgehead atoms. The van der Waals surface area contributed by atoms with Crippen molar-refractivity contribution in [1.82, 2.24) is 9.78 Å². The molecule has 0 radical (unpaired) electrons. The molecule has 0 unspecified atom stereocenters. The third kappa shape index (κ3) is 2.51. The largest absolute Gasteiger partial charge is 0.478 e. The third-order valence-corrected chi connectivity index (χ3v) is 2.70. The highest BCUT2D eigenvalue weighted by atomic mass is 16.4. The van der Waals surface area contributed by atoms with Gasteiger partial charge < -0.3 is 10.4 Å². The summed E-state index contributed by atoms with van der Waals surface area (Å²) < 4.78 is 1.82. The van der Waals surface area contributed by atoms with Crippen LogP contribution in [-0.2, 0) is 6.54 Å². The number of hydrogen-bond acceptors (Lipinski definition) is 3. The second kappa shape index (κ2) is 4.91. The Morgan fingerprint density at radius 3 is 2.78 bits per heavy atom. The molecule has 0 saturated carbocycles. The smallest absolute Gasteiger partial charge is 0.335 e. The Morgan fingerprint density at radius 1 is 1.44 bits per heavy atom. The van der Waals surface area contributed by atoms with E-state index in [1.807, 2.05) is 23.9 Å². The fraction of sp³-hybridized carbons (Fsp3) is 0.231. The Morgan fingerprint density at radius 2 is 2.22 bits per heavy atom. The van der Waals surface area contributed by atoms with E-state index in [0.717, 1.165) is 23.5 Å². The number of nitrogens with zero attached hydrogens (tertiary/aromatic N) is 2. The van der Waals surface area contributed by atoms with Gasteiger partial charge in [0.2, 0.25) is 0 Å². The van der Waals surface area contributed by atoms with E-state index in [2.05, 4.69) is 10.4 Å². The van der Waals surface area contributed by atoms with Gasteiger partial charge in [-0.2, -0.15) is 5.10 Å². The number of benzene rings is 1. The minimum absolute atomic E-state index is 0.324. The number of carbonyl (C=O) groups is 1. The van der Waals surface area contributed by atoms with Crippen molar-refractivity contribution in [3.8, 4) is 0 Å². The second-order valence-corrected chi connectivity index (χ2v) is 4.04. The van der Waals surface area contributed by atoms with E-state index in [1.165, 1.54) is 0 Å². The van der Waals surface area contributed by atoms with Gasteiger partial charge in [-0.1, -0.05) is 0 Å². The van der Waals surface area contributed by atoms with Gasteiger partial charge in [-0.25, -0.2) is 4.79 Å². The first-order valence-corrected chi connectivity index (χ1v) is 5.73. The molecule has 2 aromatic rings. The summed E-state index contributed by atoms with van der Waals surface area (Å²) in [6.07, 6.45) is 3.64. The molecular weight excluding hydrogens is 230 g/mol. The molecule has 5 heteroatoms. The lowest BCUT2D eigenvalue weighted by atomic mass is 10.1. The maximum absolute atomic E-state index is 10.9. The van der Waals surface area contributed by atoms with Gasteiger partial charge >= 0.3 is 5.97 Å². The first-order valence-electron chi connectivity index (χ1n) is 5.73. The van der Waals surface area contributed by atoms with Crippen LogP contribution in [0.5, 0.6) is 0 Å². The fourth-order valence-electron chi connectivity index (χ4n) is 1.75. The standard InChI is InChI=1S/C13H15N3O2/c1-3-16-8-11(7-14-16)15-10-4-5-12(13(17)18)9(2)6-10/h4-8,15H,3H2,1-2H3,(H,17,18). The summed E-state index contributed by atoms with van der Waals surface area (Å²) in [5, 5.41) is 16.3. The van der Waals surface area contributed by atoms with Crippen LogP contribution in [0.25, 0.3) is 0 Å². The normalized spacial score (nSPS) is 10.3. The molecule has 0 aliphatic carbocycles. The molecule has 0 saturated heterocycles. The van der Waals surface area contributed by atoms with Gasteiger partial charge in [0.1, 0.15) is 0 Å². The Labute approximate surface area is 105 Å². The van der Waals surface area contributed by atoms with Gasteiger partial charge in [0.25, 0.3) is 0 Å². The molecule has 0 atom stereocenters. The van der Waals surface area contributed by atoms with Crippen molar-refractivity contribution in [2.45, 2.75) is 20.4 Å². The van der Waals surface area contributed by atoms with Gasteiger partial charge in [0, 0.05) is 18.4 Å². The number of rotatable bonds is 4. The first-order chi connectivity index (χ1) is 8.60. The molecule has 18 heavy (non-hydrogen) atoms. The van der Waals surface area contributed by atoms with E-state index in [-0.39, 0.29) is 0 Å². The lowest BCUT2D eigenvalue weighted by molar-refractivity contribution is 0.0696. The van der Waals surface area contributed by atoms with Crippen LogP contribution in [-0.4, -0.2) is 20.9 Å². The molecule has 0 fully saturated rings. The molecule has 5 nitrogen and oxygen atoms in total. The molecule has 1 aromatic carbocycles. The Balaban J connectivity index is 2.19. The van der Waals surface area contributed by atoms with Gasteiger partial charge in [-0.15, -0.1) is 0 Å². The zero-order valence-corrected chi connectivity index (χ0v) is 10.3. The molecule has 0 amide bonds. The summed E-state index contributed by atoms with van der Waals surface area (Å²) in [4.78, 5) is 10.9. The third-order valence-electron chi connectivity index (χ3n) is 2.70. The number of carboxylic acid groups (broad SMARTS) is 1. The summed E-state index contributed by atoms with van der Waals surface area (Å²) in [5.41, 5.74) is 2.80. The average Bonchev–Trinajstić information content (AvgIpc) is 2.76. The number of aromatic carboxylic acids is 1. The molecule has 1 heterocycles. The number of aryl methyl sites for hydroxylation is 2. The van der Waals surface area contributed by atoms with Crippen molar-refractivity contribution >= 4 is 17.3 Å². The minimum Gasteiger partial charge on any atom is -0.478 e. The number of aromatic nitrogens is 2. The van der Waals surface area contributed by atoms with E-state index >= 15 is 0 Å². The topological polar surface area (TPSA) is 67.2 Å². The van der Waals surface area contributed by atoms with Crippen LogP contribution in [0.2, 0.25) is 0 Å². The zero-order chi connectivity index (χ0) is 13.1. The van der Waals surface area contributed by atoms with E-state index < -0.39 is 5.97 Å². The Bertz CT molecular complexity index is 575. The van der Waals surface area contributed by atoms with Crippen molar-refractivity contribution in [2.75, 3.05) is 5.32 Å². The van der Waals surface area contributed by atoms with E-state index in [1.54, 1.807) is 25.3 Å². The quantitative estimate of drug-likeness (QED) is 0.869. The summed E-state index contributed by atoms with van der Waals surface area (Å²) in [5.74, 6) is -0.905. The molecule has 0 spiro atoms. The van der Waals surface area contributed by atoms with Crippen molar-refractivity contribution in [1.29, 1.82) is 0 Å². The lowest BCUT2D eigenvalue weighted by Crippen LogP contribution is -2.00. The van der Waals surface area contributed by atoms with E-state index in [0.29, 0.717) is 5.56 Å². The van der Waals surface area contributed by atoms with Gasteiger partial charge in [-0.3, -0.25) is 4.68 Å². The van der Waals surface area contributed by atoms with Gasteiger partial charge in [0.05, 0.1) is 17.4 Å². The molecule has 0 aliphatic rings. The van der Waals surface area contributed by atoms with E-state index in [4.69, 9.17) is 5.11 Å². The van der Waals surface area contributed by atoms with Crippen LogP contribution in [0.15, 0.2) is 30.6 Å². The van der Waals surface area contributed by atoms with Crippen molar-refractivity contribution in [2.24, 2.45) is 0 Å². The lowest BCUT2D eigenvalue weighted by Gasteiger charge is -2.06. The Kier molecular flexibility index (Phi) is 3.32. The fourth-order valence-corrected chi connectivity index (χ4v) is 1.75. The number of carboxylic acids is 1. The van der Waals surface area contributed by atoms with Crippen molar-refractivity contribution in [3.05, 3.63) is 41.7 Å². The predicted octanol–water partition coefficient (Wildman–Crippen LogP) is 2.65. The SMILES string of the molecule is CCn1cc(Nc2ccc(C(=O)O)c(C)c2)cn1. The first kappa shape index (κ1) is 12.2. The molecule has 1 aromatic heterocycles. The maximum atomic E-state index is 10.9. The van der Waals surface area contributed by atoms with E-state index in [9.17, 15) is 4.79 Å². The number of nitrogens with one attached hydrogen (secondary N) is 1. The van der Waals surface area contributed by atoms with Crippen LogP contribution in [0.3, 0.4) is 0 Å². The summed E-state index contributed by atoms with van der Waals surface area (Å²) >= 11 is 0. The summed E-state index contributed by atoms with van der Waals surface area (Å²) in [6.45, 7) is 4.62. The zero-order valence-electron chi connectivity index (χ0n) is 10.3. The summed E-state index contributed by atoms with van der Waals surface area (Å²) in [7, 11) is 0. The molecule has 94 valence electrons. The van der Waals surface area contributed by atoms with Crippen LogP contribution >= 0.6 is 0 Å². The maximum Gasteiger partial charge on any atom is 0.335 e. The summed E-state index contributed by atoms with van der Waals surface area (Å²) in [6, 6.07) is 5.16. The van der Waals surface area contributed by atoms with Crippen molar-refractivity contribution in [3.63, 3.8) is 0 Å². The number of anilines is 2. The van der Waals surface area contributed by atoms with Crippen LogP contribution in [0.4, 0.5) is 11.4 Å².